The molecule has 106 valence electrons. The Bertz CT molecular complexity index is 450. The van der Waals surface area contributed by atoms with Crippen LogP contribution in [0.2, 0.25) is 0 Å². The van der Waals surface area contributed by atoms with E-state index in [0.717, 1.165) is 12.8 Å². The summed E-state index contributed by atoms with van der Waals surface area (Å²) in [6.45, 7) is 6.46. The van der Waals surface area contributed by atoms with Crippen molar-refractivity contribution in [2.24, 2.45) is 5.92 Å². The van der Waals surface area contributed by atoms with Crippen molar-refractivity contribution in [3.8, 4) is 5.75 Å². The second kappa shape index (κ2) is 5.74. The molecule has 0 bridgehead atoms. The van der Waals surface area contributed by atoms with E-state index in [2.05, 4.69) is 5.10 Å². The minimum absolute atomic E-state index is 0.00704. The third-order valence-corrected chi connectivity index (χ3v) is 3.36. The monoisotopic (exact) mass is 266 g/mol. The molecule has 0 aromatic carbocycles. The van der Waals surface area contributed by atoms with Gasteiger partial charge in [0.25, 0.3) is 0 Å². The Balaban J connectivity index is 2.32. The van der Waals surface area contributed by atoms with Crippen molar-refractivity contribution in [1.82, 2.24) is 9.78 Å². The lowest BCUT2D eigenvalue weighted by atomic mass is 10.1. The van der Waals surface area contributed by atoms with E-state index in [1.165, 1.54) is 0 Å². The molecule has 0 radical (unpaired) electrons. The number of ether oxygens (including phenoxy) is 2. The van der Waals surface area contributed by atoms with Crippen LogP contribution in [0.1, 0.15) is 50.1 Å². The van der Waals surface area contributed by atoms with Gasteiger partial charge in [-0.05, 0) is 39.5 Å². The van der Waals surface area contributed by atoms with Crippen LogP contribution in [0.4, 0.5) is 0 Å². The standard InChI is InChI=1S/C14H22N2O3/c1-5-19-14(10-6-7-10)13(17)12-11(18-4)8-15-16(12)9(2)3/h8-10,14H,5-7H2,1-4H3. The lowest BCUT2D eigenvalue weighted by Crippen LogP contribution is -2.29. The molecule has 1 saturated carbocycles. The molecule has 2 rings (SSSR count). The average molecular weight is 266 g/mol. The molecular weight excluding hydrogens is 244 g/mol. The van der Waals surface area contributed by atoms with Gasteiger partial charge < -0.3 is 9.47 Å². The summed E-state index contributed by atoms with van der Waals surface area (Å²) in [4.78, 5) is 12.7. The lowest BCUT2D eigenvalue weighted by Gasteiger charge is -2.18. The maximum absolute atomic E-state index is 12.7. The molecule has 5 nitrogen and oxygen atoms in total. The van der Waals surface area contributed by atoms with E-state index in [0.29, 0.717) is 24.0 Å². The van der Waals surface area contributed by atoms with Gasteiger partial charge in [-0.3, -0.25) is 9.48 Å². The van der Waals surface area contributed by atoms with E-state index in [4.69, 9.17) is 9.47 Å². The summed E-state index contributed by atoms with van der Waals surface area (Å²) in [5, 5.41) is 4.25. The van der Waals surface area contributed by atoms with Gasteiger partial charge in [0.05, 0.1) is 13.3 Å². The van der Waals surface area contributed by atoms with Gasteiger partial charge in [-0.1, -0.05) is 0 Å². The fourth-order valence-electron chi connectivity index (χ4n) is 2.26. The van der Waals surface area contributed by atoms with Gasteiger partial charge in [0, 0.05) is 12.6 Å². The third-order valence-electron chi connectivity index (χ3n) is 3.36. The summed E-state index contributed by atoms with van der Waals surface area (Å²) in [7, 11) is 1.56. The number of Topliss-reactive ketones (excluding diaryl/α,β-unsaturated/α-hetero) is 1. The Morgan fingerprint density at radius 3 is 2.68 bits per heavy atom. The van der Waals surface area contributed by atoms with Crippen LogP contribution in [0, 0.1) is 5.92 Å². The normalized spacial score (nSPS) is 16.7. The van der Waals surface area contributed by atoms with E-state index in [9.17, 15) is 4.79 Å². The number of nitrogens with zero attached hydrogens (tertiary/aromatic N) is 2. The number of methoxy groups -OCH3 is 1. The number of aromatic nitrogens is 2. The minimum Gasteiger partial charge on any atom is -0.493 e. The third kappa shape index (κ3) is 2.81. The Hall–Kier alpha value is -1.36. The Morgan fingerprint density at radius 1 is 1.53 bits per heavy atom. The van der Waals surface area contributed by atoms with E-state index >= 15 is 0 Å². The first-order chi connectivity index (χ1) is 9.10. The molecule has 0 spiro atoms. The summed E-state index contributed by atoms with van der Waals surface area (Å²) in [5.74, 6) is 0.879. The highest BCUT2D eigenvalue weighted by molar-refractivity contribution is 6.00. The van der Waals surface area contributed by atoms with Crippen LogP contribution >= 0.6 is 0 Å². The predicted molar refractivity (Wildman–Crippen MR) is 71.6 cm³/mol. The second-order valence-electron chi connectivity index (χ2n) is 5.18. The molecule has 1 heterocycles. The fourth-order valence-corrected chi connectivity index (χ4v) is 2.26. The summed E-state index contributed by atoms with van der Waals surface area (Å²) < 4.78 is 12.6. The summed E-state index contributed by atoms with van der Waals surface area (Å²) in [5.41, 5.74) is 0.530. The zero-order valence-corrected chi connectivity index (χ0v) is 12.0. The van der Waals surface area contributed by atoms with Gasteiger partial charge in [-0.25, -0.2) is 0 Å². The van der Waals surface area contributed by atoms with Crippen LogP contribution < -0.4 is 4.74 Å². The first kappa shape index (κ1) is 14.1. The van der Waals surface area contributed by atoms with Gasteiger partial charge in [0.1, 0.15) is 11.8 Å². The van der Waals surface area contributed by atoms with Crippen LogP contribution in [0.3, 0.4) is 0 Å². The molecule has 1 aliphatic rings. The molecule has 1 atom stereocenters. The van der Waals surface area contributed by atoms with Crippen LogP contribution in [0.25, 0.3) is 0 Å². The van der Waals surface area contributed by atoms with Crippen LogP contribution in [0.15, 0.2) is 6.20 Å². The highest BCUT2D eigenvalue weighted by atomic mass is 16.5. The fraction of sp³-hybridized carbons (Fsp3) is 0.714. The van der Waals surface area contributed by atoms with Crippen molar-refractivity contribution < 1.29 is 14.3 Å². The largest absolute Gasteiger partial charge is 0.493 e. The van der Waals surface area contributed by atoms with Crippen LogP contribution in [0.5, 0.6) is 5.75 Å². The number of carbonyl (C=O) groups excluding carboxylic acids is 1. The molecule has 5 heteroatoms. The average Bonchev–Trinajstić information content (AvgIpc) is 3.12. The van der Waals surface area contributed by atoms with Gasteiger partial charge >= 0.3 is 0 Å². The number of ketones is 1. The van der Waals surface area contributed by atoms with Gasteiger partial charge in [-0.2, -0.15) is 5.10 Å². The van der Waals surface area contributed by atoms with Crippen molar-refractivity contribution in [3.63, 3.8) is 0 Å². The zero-order chi connectivity index (χ0) is 14.0. The first-order valence-electron chi connectivity index (χ1n) is 6.87. The SMILES string of the molecule is CCOC(C(=O)c1c(OC)cnn1C(C)C)C1CC1. The zero-order valence-electron chi connectivity index (χ0n) is 12.0. The molecule has 0 amide bonds. The molecular formula is C14H22N2O3. The van der Waals surface area contributed by atoms with Gasteiger partial charge in [-0.15, -0.1) is 0 Å². The predicted octanol–water partition coefficient (Wildman–Crippen LogP) is 2.47. The van der Waals surface area contributed by atoms with Gasteiger partial charge in [0.2, 0.25) is 5.78 Å². The van der Waals surface area contributed by atoms with E-state index in [1.54, 1.807) is 18.0 Å². The summed E-state index contributed by atoms with van der Waals surface area (Å²) >= 11 is 0. The van der Waals surface area contributed by atoms with Crippen molar-refractivity contribution in [3.05, 3.63) is 11.9 Å². The Kier molecular flexibility index (Phi) is 4.24. The highest BCUT2D eigenvalue weighted by Gasteiger charge is 2.39. The molecule has 1 aromatic heterocycles. The number of hydrogen-bond acceptors (Lipinski definition) is 4. The van der Waals surface area contributed by atoms with Crippen LogP contribution in [-0.4, -0.2) is 35.4 Å². The highest BCUT2D eigenvalue weighted by Crippen LogP contribution is 2.37. The quantitative estimate of drug-likeness (QED) is 0.711. The molecule has 0 aliphatic heterocycles. The molecule has 0 saturated heterocycles. The molecule has 19 heavy (non-hydrogen) atoms. The summed E-state index contributed by atoms with van der Waals surface area (Å²) in [6, 6.07) is 0.115. The Labute approximate surface area is 113 Å². The van der Waals surface area contributed by atoms with Crippen LogP contribution in [-0.2, 0) is 4.74 Å². The van der Waals surface area contributed by atoms with E-state index in [1.807, 2.05) is 20.8 Å². The lowest BCUT2D eigenvalue weighted by molar-refractivity contribution is 0.0361. The van der Waals surface area contributed by atoms with Crippen molar-refractivity contribution >= 4 is 5.78 Å². The van der Waals surface area contributed by atoms with Crippen molar-refractivity contribution in [1.29, 1.82) is 0 Å². The van der Waals surface area contributed by atoms with E-state index < -0.39 is 0 Å². The minimum atomic E-state index is -0.354. The molecule has 1 aromatic rings. The number of hydrogen-bond donors (Lipinski definition) is 0. The van der Waals surface area contributed by atoms with Crippen molar-refractivity contribution in [2.75, 3.05) is 13.7 Å². The smallest absolute Gasteiger partial charge is 0.213 e. The molecule has 1 aliphatic carbocycles. The van der Waals surface area contributed by atoms with Gasteiger partial charge in [0.15, 0.2) is 5.75 Å². The maximum atomic E-state index is 12.7. The topological polar surface area (TPSA) is 53.4 Å². The molecule has 1 fully saturated rings. The summed E-state index contributed by atoms with van der Waals surface area (Å²) in [6.07, 6.45) is 3.37. The second-order valence-corrected chi connectivity index (χ2v) is 5.18. The maximum Gasteiger partial charge on any atom is 0.213 e. The van der Waals surface area contributed by atoms with E-state index in [-0.39, 0.29) is 17.9 Å². The number of carbonyl (C=O) groups is 1. The molecule has 0 N–H and O–H groups in total. The molecule has 1 unspecified atom stereocenters. The van der Waals surface area contributed by atoms with Crippen molar-refractivity contribution in [2.45, 2.75) is 45.8 Å². The first-order valence-corrected chi connectivity index (χ1v) is 6.87. The number of rotatable bonds is 7. The Morgan fingerprint density at radius 2 is 2.21 bits per heavy atom.